The number of para-hydroxylation sites is 2. The average Bonchev–Trinajstić information content (AvgIpc) is 4.02. The fourth-order valence-electron chi connectivity index (χ4n) is 9.81. The zero-order chi connectivity index (χ0) is 40.7. The van der Waals surface area contributed by atoms with Crippen LogP contribution in [0.5, 0.6) is 0 Å². The van der Waals surface area contributed by atoms with Gasteiger partial charge in [0.2, 0.25) is 0 Å². The molecule has 0 N–H and O–H groups in total. The Bertz CT molecular complexity index is 3870. The molecule has 10 aromatic carbocycles. The molecule has 13 rings (SSSR count). The van der Waals surface area contributed by atoms with Gasteiger partial charge in [0.15, 0.2) is 0 Å². The Balaban J connectivity index is 1.02. The highest BCUT2D eigenvalue weighted by Crippen LogP contribution is 2.46. The molecule has 62 heavy (non-hydrogen) atoms. The maximum absolute atomic E-state index is 2.43. The second kappa shape index (κ2) is 14.0. The minimum atomic E-state index is 1.10. The maximum Gasteiger partial charge on any atom is 0.0542 e. The second-order valence-corrected chi connectivity index (χ2v) is 18.2. The molecule has 0 spiro atoms. The van der Waals surface area contributed by atoms with Crippen LogP contribution in [-0.2, 0) is 0 Å². The number of rotatable bonds is 6. The lowest BCUT2D eigenvalue weighted by Gasteiger charge is -2.26. The van der Waals surface area contributed by atoms with Crippen molar-refractivity contribution >= 4 is 113 Å². The summed E-state index contributed by atoms with van der Waals surface area (Å²) < 4.78 is 7.69. The maximum atomic E-state index is 2.43. The first kappa shape index (κ1) is 35.3. The SMILES string of the molecule is c1ccc(-n2c3ccccc3c3cc(N(c4ccc(-c5cccc6sc7ccccc7c56)cc4)c4cccc(-c5cc6c7ccccc7sc6c6ccccc56)c4)ccc32)cc1. The van der Waals surface area contributed by atoms with Crippen molar-refractivity contribution in [3.63, 3.8) is 0 Å². The lowest BCUT2D eigenvalue weighted by molar-refractivity contribution is 1.18. The van der Waals surface area contributed by atoms with Crippen LogP contribution in [0.2, 0.25) is 0 Å². The topological polar surface area (TPSA) is 8.17 Å². The molecule has 0 amide bonds. The number of fused-ring (bicyclic) bond motifs is 11. The van der Waals surface area contributed by atoms with E-state index in [-0.39, 0.29) is 0 Å². The van der Waals surface area contributed by atoms with Gasteiger partial charge in [-0.15, -0.1) is 22.7 Å². The molecule has 0 aliphatic heterocycles. The summed E-state index contributed by atoms with van der Waals surface area (Å²) in [4.78, 5) is 2.43. The number of thiophene rings is 2. The van der Waals surface area contributed by atoms with E-state index in [2.05, 4.69) is 228 Å². The molecule has 0 fully saturated rings. The highest BCUT2D eigenvalue weighted by atomic mass is 32.1. The van der Waals surface area contributed by atoms with Gasteiger partial charge >= 0.3 is 0 Å². The number of anilines is 3. The molecule has 3 aromatic heterocycles. The van der Waals surface area contributed by atoms with Crippen molar-refractivity contribution in [2.24, 2.45) is 0 Å². The van der Waals surface area contributed by atoms with Crippen molar-refractivity contribution in [1.82, 2.24) is 4.57 Å². The van der Waals surface area contributed by atoms with E-state index in [1.165, 1.54) is 95.2 Å². The molecule has 290 valence electrons. The van der Waals surface area contributed by atoms with E-state index < -0.39 is 0 Å². The predicted molar refractivity (Wildman–Crippen MR) is 270 cm³/mol. The van der Waals surface area contributed by atoms with Crippen LogP contribution < -0.4 is 4.90 Å². The minimum Gasteiger partial charge on any atom is -0.310 e. The lowest BCUT2D eigenvalue weighted by Crippen LogP contribution is -2.10. The van der Waals surface area contributed by atoms with E-state index in [0.29, 0.717) is 0 Å². The minimum absolute atomic E-state index is 1.10. The molecule has 0 aliphatic carbocycles. The zero-order valence-electron chi connectivity index (χ0n) is 33.5. The zero-order valence-corrected chi connectivity index (χ0v) is 35.1. The van der Waals surface area contributed by atoms with Crippen LogP contribution in [0.15, 0.2) is 218 Å². The largest absolute Gasteiger partial charge is 0.310 e. The number of aromatic nitrogens is 1. The molecule has 2 nitrogen and oxygen atoms in total. The first-order chi connectivity index (χ1) is 30.7. The van der Waals surface area contributed by atoms with Crippen molar-refractivity contribution in [2.75, 3.05) is 4.90 Å². The molecule has 0 saturated carbocycles. The molecule has 0 atom stereocenters. The van der Waals surface area contributed by atoms with Crippen molar-refractivity contribution in [3.8, 4) is 27.9 Å². The molecular formula is C58H36N2S2. The number of nitrogens with zero attached hydrogens (tertiary/aromatic N) is 2. The molecule has 0 aliphatic rings. The van der Waals surface area contributed by atoms with Crippen LogP contribution >= 0.6 is 22.7 Å². The van der Waals surface area contributed by atoms with Crippen molar-refractivity contribution in [3.05, 3.63) is 218 Å². The van der Waals surface area contributed by atoms with Gasteiger partial charge in [-0.05, 0) is 113 Å². The van der Waals surface area contributed by atoms with E-state index in [1.807, 2.05) is 22.7 Å². The molecule has 13 aromatic rings. The summed E-state index contributed by atoms with van der Waals surface area (Å²) in [5.74, 6) is 0. The summed E-state index contributed by atoms with van der Waals surface area (Å²) in [6.45, 7) is 0. The monoisotopic (exact) mass is 824 g/mol. The van der Waals surface area contributed by atoms with Gasteiger partial charge in [-0.25, -0.2) is 0 Å². The van der Waals surface area contributed by atoms with Gasteiger partial charge in [-0.2, -0.15) is 0 Å². The quantitative estimate of drug-likeness (QED) is 0.162. The van der Waals surface area contributed by atoms with Gasteiger partial charge in [0, 0.05) is 79.3 Å². The second-order valence-electron chi connectivity index (χ2n) is 16.0. The van der Waals surface area contributed by atoms with Gasteiger partial charge in [-0.1, -0.05) is 133 Å². The Morgan fingerprint density at radius 2 is 0.952 bits per heavy atom. The summed E-state index contributed by atoms with van der Waals surface area (Å²) in [6, 6.07) is 80.4. The van der Waals surface area contributed by atoms with Crippen LogP contribution in [0.3, 0.4) is 0 Å². The third-order valence-corrected chi connectivity index (χ3v) is 14.9. The number of benzene rings is 10. The van der Waals surface area contributed by atoms with Gasteiger partial charge in [0.25, 0.3) is 0 Å². The summed E-state index contributed by atoms with van der Waals surface area (Å²) in [7, 11) is 0. The highest BCUT2D eigenvalue weighted by Gasteiger charge is 2.20. The van der Waals surface area contributed by atoms with Crippen LogP contribution in [0.4, 0.5) is 17.1 Å². The Morgan fingerprint density at radius 1 is 0.323 bits per heavy atom. The smallest absolute Gasteiger partial charge is 0.0542 e. The van der Waals surface area contributed by atoms with Crippen LogP contribution in [-0.4, -0.2) is 4.57 Å². The van der Waals surface area contributed by atoms with E-state index in [4.69, 9.17) is 0 Å². The average molecular weight is 825 g/mol. The van der Waals surface area contributed by atoms with E-state index in [1.54, 1.807) is 0 Å². The van der Waals surface area contributed by atoms with E-state index >= 15 is 0 Å². The summed E-state index contributed by atoms with van der Waals surface area (Å²) in [6.07, 6.45) is 0. The molecule has 0 bridgehead atoms. The van der Waals surface area contributed by atoms with Crippen molar-refractivity contribution in [2.45, 2.75) is 0 Å². The third kappa shape index (κ3) is 5.47. The van der Waals surface area contributed by atoms with Gasteiger partial charge in [0.1, 0.15) is 0 Å². The third-order valence-electron chi connectivity index (χ3n) is 12.6. The fourth-order valence-corrected chi connectivity index (χ4v) is 12.2. The van der Waals surface area contributed by atoms with Crippen molar-refractivity contribution < 1.29 is 0 Å². The van der Waals surface area contributed by atoms with Crippen LogP contribution in [0.25, 0.3) is 101 Å². The molecule has 0 radical (unpaired) electrons. The van der Waals surface area contributed by atoms with Gasteiger partial charge < -0.3 is 9.47 Å². The molecule has 4 heteroatoms. The van der Waals surface area contributed by atoms with E-state index in [0.717, 1.165) is 22.7 Å². The normalized spacial score (nSPS) is 11.9. The summed E-state index contributed by atoms with van der Waals surface area (Å²) in [5, 5.41) is 10.3. The molecule has 3 heterocycles. The van der Waals surface area contributed by atoms with Crippen molar-refractivity contribution in [1.29, 1.82) is 0 Å². The van der Waals surface area contributed by atoms with Gasteiger partial charge in [0.05, 0.1) is 11.0 Å². The number of hydrogen-bond donors (Lipinski definition) is 0. The Labute approximate surface area is 366 Å². The molecular weight excluding hydrogens is 789 g/mol. The number of hydrogen-bond acceptors (Lipinski definition) is 3. The first-order valence-corrected chi connectivity index (χ1v) is 22.7. The Morgan fingerprint density at radius 3 is 1.79 bits per heavy atom. The van der Waals surface area contributed by atoms with E-state index in [9.17, 15) is 0 Å². The van der Waals surface area contributed by atoms with Crippen LogP contribution in [0.1, 0.15) is 0 Å². The summed E-state index contributed by atoms with van der Waals surface area (Å²) in [5.41, 5.74) is 11.7. The summed E-state index contributed by atoms with van der Waals surface area (Å²) >= 11 is 3.76. The standard InChI is InChI=1S/C58H36N2S2/c1-2-15-39(16-3-1)60-52-24-9-6-19-45(52)50-35-42(32-33-53(50)60)59(40-30-28-37(29-31-40)43-23-13-27-56-57(43)48-22-8-11-26-55(48)61-56)41-17-12-14-38(34-41)49-36-51-46-20-7-10-25-54(46)62-58(51)47-21-5-4-18-44(47)49/h1-36H. The highest BCUT2D eigenvalue weighted by molar-refractivity contribution is 7.27. The fraction of sp³-hybridized carbons (Fsp3) is 0. The first-order valence-electron chi connectivity index (χ1n) is 21.1. The molecule has 0 unspecified atom stereocenters. The Kier molecular flexibility index (Phi) is 7.99. The lowest BCUT2D eigenvalue weighted by atomic mass is 9.95. The Hall–Kier alpha value is -7.50. The molecule has 0 saturated heterocycles. The van der Waals surface area contributed by atoms with Gasteiger partial charge in [-0.3, -0.25) is 0 Å². The predicted octanol–water partition coefficient (Wildman–Crippen LogP) is 17.5. The van der Waals surface area contributed by atoms with Crippen LogP contribution in [0, 0.1) is 0 Å².